The maximum Gasteiger partial charge on any atom is 0.306 e. The van der Waals surface area contributed by atoms with Gasteiger partial charge >= 0.3 is 11.9 Å². The summed E-state index contributed by atoms with van der Waals surface area (Å²) in [7, 11) is 2.22. The molecule has 464 valence electrons. The van der Waals surface area contributed by atoms with E-state index < -0.39 is 0 Å². The topological polar surface area (TPSA) is 115 Å². The number of carbonyl (C=O) groups is 3. The van der Waals surface area contributed by atoms with Gasteiger partial charge in [-0.05, 0) is 124 Å². The fraction of sp³-hybridized carbons (Fsp3) is 0.841. The summed E-state index contributed by atoms with van der Waals surface area (Å²) in [6.45, 7) is 33.7. The summed E-state index contributed by atoms with van der Waals surface area (Å²) < 4.78 is 22.8. The van der Waals surface area contributed by atoms with Crippen LogP contribution in [0.5, 0.6) is 0 Å². The largest absolute Gasteiger partial charge is 0.498 e. The maximum atomic E-state index is 12.2. The van der Waals surface area contributed by atoms with E-state index in [1.807, 2.05) is 19.9 Å². The molecule has 5 atom stereocenters. The molecule has 0 aromatic heterocycles. The minimum Gasteiger partial charge on any atom is -0.498 e. The molecule has 1 N–H and O–H groups in total. The number of esters is 2. The Balaban J connectivity index is 0. The Hall–Kier alpha value is -2.95. The first-order valence-corrected chi connectivity index (χ1v) is 33.0. The highest BCUT2D eigenvalue weighted by molar-refractivity contribution is 5.89. The van der Waals surface area contributed by atoms with Crippen molar-refractivity contribution >= 4 is 17.7 Å². The SMILES string of the molecule is C/C=C(/C)CCCCCCCC.C=C(CCCCCCCC)OCC(CCC)CC(=O)O[C@@H]1CC(C)N(O)C1.C=CC(=O)CC(COC(=O)CCCCCCCC)C/C(=C/C)OCCCCCCCC.CC1CCCN(C)CC1. The van der Waals surface area contributed by atoms with E-state index in [1.54, 1.807) is 5.57 Å². The van der Waals surface area contributed by atoms with Gasteiger partial charge < -0.3 is 29.1 Å². The zero-order valence-electron chi connectivity index (χ0n) is 53.9. The molecule has 2 rings (SSSR count). The number of hydrogen-bond donors (Lipinski definition) is 1. The van der Waals surface area contributed by atoms with Gasteiger partial charge in [0, 0.05) is 50.0 Å². The van der Waals surface area contributed by atoms with Gasteiger partial charge in [0.05, 0.1) is 44.3 Å². The van der Waals surface area contributed by atoms with E-state index in [0.29, 0.717) is 51.9 Å². The molecule has 2 aliphatic heterocycles. The fourth-order valence-corrected chi connectivity index (χ4v) is 9.84. The summed E-state index contributed by atoms with van der Waals surface area (Å²) in [5.74, 6) is 2.39. The van der Waals surface area contributed by atoms with Crippen LogP contribution in [-0.2, 0) is 33.3 Å². The Morgan fingerprint density at radius 2 is 1.14 bits per heavy atom. The molecule has 0 aromatic rings. The summed E-state index contributed by atoms with van der Waals surface area (Å²) >= 11 is 0. The van der Waals surface area contributed by atoms with Gasteiger partial charge in [0.25, 0.3) is 0 Å². The molecule has 4 unspecified atom stereocenters. The highest BCUT2D eigenvalue weighted by Crippen LogP contribution is 2.23. The number of nitrogens with zero attached hydrogens (tertiary/aromatic N) is 2. The number of hydroxylamine groups is 2. The van der Waals surface area contributed by atoms with E-state index >= 15 is 0 Å². The molecule has 10 nitrogen and oxygen atoms in total. The molecule has 10 heteroatoms. The summed E-state index contributed by atoms with van der Waals surface area (Å²) in [4.78, 5) is 38.7. The van der Waals surface area contributed by atoms with E-state index in [9.17, 15) is 19.6 Å². The lowest BCUT2D eigenvalue weighted by Crippen LogP contribution is -2.25. The van der Waals surface area contributed by atoms with Crippen LogP contribution < -0.4 is 0 Å². The Bertz CT molecular complexity index is 1490. The highest BCUT2D eigenvalue weighted by Gasteiger charge is 2.31. The van der Waals surface area contributed by atoms with Crippen LogP contribution in [0.2, 0.25) is 0 Å². The highest BCUT2D eigenvalue weighted by atomic mass is 16.6. The van der Waals surface area contributed by atoms with Crippen molar-refractivity contribution in [2.24, 2.45) is 17.8 Å². The zero-order chi connectivity index (χ0) is 59.2. The number of likely N-dealkylation sites (tertiary alicyclic amines) is 1. The van der Waals surface area contributed by atoms with Gasteiger partial charge in [0.15, 0.2) is 5.78 Å². The number of rotatable bonds is 44. The number of hydrogen-bond acceptors (Lipinski definition) is 10. The monoisotopic (exact) mass is 1110 g/mol. The van der Waals surface area contributed by atoms with Gasteiger partial charge in [-0.2, -0.15) is 5.06 Å². The Labute approximate surface area is 489 Å². The summed E-state index contributed by atoms with van der Waals surface area (Å²) in [5.41, 5.74) is 1.55. The first-order valence-electron chi connectivity index (χ1n) is 33.0. The Morgan fingerprint density at radius 3 is 1.66 bits per heavy atom. The third kappa shape index (κ3) is 51.7. The zero-order valence-corrected chi connectivity index (χ0v) is 53.9. The molecule has 2 heterocycles. The number of ether oxygens (including phenoxy) is 4. The third-order valence-electron chi connectivity index (χ3n) is 15.5. The van der Waals surface area contributed by atoms with Crippen molar-refractivity contribution < 1.29 is 38.5 Å². The quantitative estimate of drug-likeness (QED) is 0.0208. The van der Waals surface area contributed by atoms with Crippen LogP contribution in [0.1, 0.15) is 300 Å². The van der Waals surface area contributed by atoms with Crippen LogP contribution in [0.15, 0.2) is 48.5 Å². The van der Waals surface area contributed by atoms with Gasteiger partial charge in [0.1, 0.15) is 6.10 Å². The lowest BCUT2D eigenvalue weighted by atomic mass is 9.98. The minimum atomic E-state index is -0.205. The molecule has 0 radical (unpaired) electrons. The minimum absolute atomic E-state index is 0.0247. The van der Waals surface area contributed by atoms with Crippen molar-refractivity contribution in [2.75, 3.05) is 46.5 Å². The van der Waals surface area contributed by atoms with Crippen molar-refractivity contribution in [3.63, 3.8) is 0 Å². The molecule has 2 fully saturated rings. The Morgan fingerprint density at radius 1 is 0.608 bits per heavy atom. The van der Waals surface area contributed by atoms with Crippen LogP contribution in [0, 0.1) is 17.8 Å². The van der Waals surface area contributed by atoms with Gasteiger partial charge in [-0.3, -0.25) is 14.4 Å². The molecule has 2 aliphatic rings. The average Bonchev–Trinajstić information content (AvgIpc) is 3.62. The van der Waals surface area contributed by atoms with Crippen molar-refractivity contribution in [1.82, 2.24) is 9.96 Å². The first kappa shape index (κ1) is 78.1. The lowest BCUT2D eigenvalue weighted by Gasteiger charge is -2.19. The van der Waals surface area contributed by atoms with Crippen LogP contribution in [0.4, 0.5) is 0 Å². The second-order valence-corrected chi connectivity index (χ2v) is 23.6. The van der Waals surface area contributed by atoms with Crippen molar-refractivity contribution in [3.05, 3.63) is 48.5 Å². The van der Waals surface area contributed by atoms with E-state index in [4.69, 9.17) is 18.9 Å². The van der Waals surface area contributed by atoms with E-state index in [-0.39, 0.29) is 48.3 Å². The molecule has 0 aromatic carbocycles. The summed E-state index contributed by atoms with van der Waals surface area (Å²) in [5, 5.41) is 10.9. The van der Waals surface area contributed by atoms with Gasteiger partial charge in [-0.15, -0.1) is 0 Å². The molecule has 0 spiro atoms. The van der Waals surface area contributed by atoms with Crippen LogP contribution in [-0.4, -0.2) is 91.5 Å². The lowest BCUT2D eigenvalue weighted by molar-refractivity contribution is -0.152. The van der Waals surface area contributed by atoms with Crippen molar-refractivity contribution in [1.29, 1.82) is 0 Å². The van der Waals surface area contributed by atoms with Gasteiger partial charge in [0.2, 0.25) is 0 Å². The summed E-state index contributed by atoms with van der Waals surface area (Å²) in [6, 6.07) is 0.0443. The number of carbonyl (C=O) groups excluding carboxylic acids is 3. The van der Waals surface area contributed by atoms with E-state index in [1.165, 1.54) is 178 Å². The second kappa shape index (κ2) is 56.9. The molecule has 2 saturated heterocycles. The third-order valence-corrected chi connectivity index (χ3v) is 15.5. The molecular weight excluding hydrogens is 985 g/mol. The van der Waals surface area contributed by atoms with Crippen LogP contribution in [0.3, 0.4) is 0 Å². The van der Waals surface area contributed by atoms with Crippen molar-refractivity contribution in [3.8, 4) is 0 Å². The number of unbranched alkanes of at least 4 members (excludes halogenated alkanes) is 20. The molecule has 0 saturated carbocycles. The fourth-order valence-electron chi connectivity index (χ4n) is 9.84. The van der Waals surface area contributed by atoms with Crippen LogP contribution in [0.25, 0.3) is 0 Å². The number of ketones is 1. The smallest absolute Gasteiger partial charge is 0.306 e. The summed E-state index contributed by atoms with van der Waals surface area (Å²) in [6.07, 6.45) is 46.4. The molecule has 0 bridgehead atoms. The predicted octanol–water partition coefficient (Wildman–Crippen LogP) is 19.6. The molecular formula is C69H130N2O8. The molecule has 0 amide bonds. The molecule has 79 heavy (non-hydrogen) atoms. The number of allylic oxidation sites excluding steroid dienone is 6. The van der Waals surface area contributed by atoms with Crippen molar-refractivity contribution in [2.45, 2.75) is 313 Å². The van der Waals surface area contributed by atoms with E-state index in [2.05, 4.69) is 86.6 Å². The maximum absolute atomic E-state index is 12.2. The standard InChI is InChI=1S/C27H48O4.C22H41NO4.C12H24.C8H17N/c1-5-9-11-13-15-17-19-27(29)31-23-24(21-25(28)7-3)22-26(8-4)30-20-18-16-14-12-10-6-2;1-5-7-8-9-10-11-13-19(4)26-17-20(12-6-2)15-22(24)27-21-14-18(3)23(25)16-21;1-4-6-7-8-9-10-11-12(3)5-2;1-8-4-3-6-9(2)7-5-8/h7-8,24H,3,5-6,9-23H2,1-2,4H3;18,20-21,25H,4-17H2,1-3H3;5H,4,6-11H2,1-3H3;8H,3-7H2,1-2H3/b26-8-;;12-5-;/t;18?,20?,21-;;/m.1../s1. The van der Waals surface area contributed by atoms with Gasteiger partial charge in [-0.25, -0.2) is 0 Å². The normalized spacial score (nSPS) is 17.6. The van der Waals surface area contributed by atoms with Gasteiger partial charge in [-0.1, -0.05) is 201 Å². The Kier molecular flexibility index (Phi) is 56.3. The predicted molar refractivity (Wildman–Crippen MR) is 336 cm³/mol. The second-order valence-electron chi connectivity index (χ2n) is 23.6. The first-order chi connectivity index (χ1) is 38.1. The van der Waals surface area contributed by atoms with Crippen LogP contribution >= 0.6 is 0 Å². The van der Waals surface area contributed by atoms with E-state index in [0.717, 1.165) is 62.4 Å². The average molecular weight is 1120 g/mol. The molecule has 0 aliphatic carbocycles.